The fourth-order valence-electron chi connectivity index (χ4n) is 1.28. The van der Waals surface area contributed by atoms with Crippen molar-refractivity contribution in [1.29, 1.82) is 0 Å². The highest BCUT2D eigenvalue weighted by atomic mass is 19.1. The number of anilines is 1. The average Bonchev–Trinajstić information content (AvgIpc) is 2.22. The third-order valence-corrected chi connectivity index (χ3v) is 2.05. The second-order valence-corrected chi connectivity index (χ2v) is 5.15. The number of carbonyl (C=O) groups excluding carboxylic acids is 1. The Kier molecular flexibility index (Phi) is 4.47. The Morgan fingerprint density at radius 1 is 1.32 bits per heavy atom. The first-order valence-corrected chi connectivity index (χ1v) is 5.77. The number of hydrogen-bond acceptors (Lipinski definition) is 3. The minimum Gasteiger partial charge on any atom is -0.482 e. The number of amides is 1. The Balaban J connectivity index is 3.00. The van der Waals surface area contributed by atoms with E-state index in [2.05, 4.69) is 5.32 Å². The Hall–Kier alpha value is -1.69. The van der Waals surface area contributed by atoms with E-state index >= 15 is 0 Å². The monoisotopic (exact) mass is 273 g/mol. The predicted octanol–water partition coefficient (Wildman–Crippen LogP) is 2.46. The van der Waals surface area contributed by atoms with Gasteiger partial charge in [-0.1, -0.05) is 0 Å². The fourth-order valence-corrected chi connectivity index (χ4v) is 1.28. The van der Waals surface area contributed by atoms with Crippen LogP contribution in [0.2, 0.25) is 0 Å². The highest BCUT2D eigenvalue weighted by Crippen LogP contribution is 2.28. The summed E-state index contributed by atoms with van der Waals surface area (Å²) in [5, 5.41) is 11.2. The van der Waals surface area contributed by atoms with Crippen LogP contribution in [0.25, 0.3) is 0 Å². The van der Waals surface area contributed by atoms with E-state index in [1.807, 2.05) is 0 Å². The molecule has 1 atom stereocenters. The van der Waals surface area contributed by atoms with E-state index in [1.165, 1.54) is 6.92 Å². The summed E-state index contributed by atoms with van der Waals surface area (Å²) in [6.07, 6.45) is -1.27. The second-order valence-electron chi connectivity index (χ2n) is 5.15. The van der Waals surface area contributed by atoms with Crippen molar-refractivity contribution in [1.82, 2.24) is 0 Å². The molecule has 0 aliphatic heterocycles. The molecule has 0 aliphatic rings. The number of rotatable bonds is 3. The molecule has 0 aliphatic carbocycles. The van der Waals surface area contributed by atoms with Gasteiger partial charge in [0.15, 0.2) is 17.4 Å². The molecule has 1 aromatic rings. The number of aliphatic hydroxyl groups is 1. The molecule has 0 saturated carbocycles. The first-order chi connectivity index (χ1) is 8.60. The quantitative estimate of drug-likeness (QED) is 0.889. The zero-order valence-corrected chi connectivity index (χ0v) is 11.3. The maximum Gasteiger partial charge on any atom is 0.252 e. The van der Waals surface area contributed by atoms with Crippen molar-refractivity contribution in [3.8, 4) is 5.75 Å². The molecular formula is C13H17F2NO3. The first-order valence-electron chi connectivity index (χ1n) is 5.77. The maximum atomic E-state index is 13.7. The van der Waals surface area contributed by atoms with Crippen molar-refractivity contribution in [3.63, 3.8) is 0 Å². The van der Waals surface area contributed by atoms with E-state index in [0.29, 0.717) is 0 Å². The van der Waals surface area contributed by atoms with Crippen molar-refractivity contribution in [2.45, 2.75) is 39.4 Å². The topological polar surface area (TPSA) is 58.6 Å². The SMILES string of the molecule is C[C@@H](O)C(=O)Nc1cc(F)c(OC(C)(C)C)c(F)c1. The van der Waals surface area contributed by atoms with E-state index in [9.17, 15) is 13.6 Å². The normalized spacial score (nSPS) is 13.0. The molecule has 0 bridgehead atoms. The van der Waals surface area contributed by atoms with Crippen LogP contribution in [0.4, 0.5) is 14.5 Å². The molecule has 0 saturated heterocycles. The van der Waals surface area contributed by atoms with Crippen molar-refractivity contribution < 1.29 is 23.4 Å². The highest BCUT2D eigenvalue weighted by Gasteiger charge is 2.20. The minimum atomic E-state index is -1.27. The zero-order chi connectivity index (χ0) is 14.8. The van der Waals surface area contributed by atoms with Crippen LogP contribution < -0.4 is 10.1 Å². The van der Waals surface area contributed by atoms with Gasteiger partial charge in [-0.2, -0.15) is 0 Å². The van der Waals surface area contributed by atoms with E-state index in [1.54, 1.807) is 20.8 Å². The van der Waals surface area contributed by atoms with Crippen molar-refractivity contribution in [3.05, 3.63) is 23.8 Å². The molecule has 0 unspecified atom stereocenters. The van der Waals surface area contributed by atoms with Gasteiger partial charge in [-0.3, -0.25) is 4.79 Å². The largest absolute Gasteiger partial charge is 0.482 e. The van der Waals surface area contributed by atoms with Gasteiger partial charge < -0.3 is 15.2 Å². The summed E-state index contributed by atoms with van der Waals surface area (Å²) < 4.78 is 32.6. The molecule has 0 aromatic heterocycles. The lowest BCUT2D eigenvalue weighted by atomic mass is 10.2. The van der Waals surface area contributed by atoms with Gasteiger partial charge in [-0.15, -0.1) is 0 Å². The van der Waals surface area contributed by atoms with Crippen LogP contribution in [0.1, 0.15) is 27.7 Å². The fraction of sp³-hybridized carbons (Fsp3) is 0.462. The number of carbonyl (C=O) groups is 1. The lowest BCUT2D eigenvalue weighted by Crippen LogP contribution is -2.25. The zero-order valence-electron chi connectivity index (χ0n) is 11.3. The highest BCUT2D eigenvalue weighted by molar-refractivity contribution is 5.93. The number of hydrogen-bond donors (Lipinski definition) is 2. The van der Waals surface area contributed by atoms with Crippen LogP contribution in [-0.2, 0) is 4.79 Å². The summed E-state index contributed by atoms with van der Waals surface area (Å²) in [5.41, 5.74) is -0.825. The Morgan fingerprint density at radius 3 is 2.16 bits per heavy atom. The van der Waals surface area contributed by atoms with Crippen molar-refractivity contribution in [2.75, 3.05) is 5.32 Å². The van der Waals surface area contributed by atoms with Gasteiger partial charge >= 0.3 is 0 Å². The molecule has 6 heteroatoms. The van der Waals surface area contributed by atoms with Gasteiger partial charge in [-0.05, 0) is 27.7 Å². The number of benzene rings is 1. The number of aliphatic hydroxyl groups excluding tert-OH is 1. The molecule has 2 N–H and O–H groups in total. The van der Waals surface area contributed by atoms with Gasteiger partial charge in [0.25, 0.3) is 5.91 Å². The minimum absolute atomic E-state index is 0.0813. The molecule has 4 nitrogen and oxygen atoms in total. The Labute approximate surface area is 110 Å². The maximum absolute atomic E-state index is 13.7. The van der Waals surface area contributed by atoms with Gasteiger partial charge in [0.2, 0.25) is 0 Å². The third-order valence-electron chi connectivity index (χ3n) is 2.05. The molecule has 1 rings (SSSR count). The standard InChI is InChI=1S/C13H17F2NO3/c1-7(17)12(18)16-8-5-9(14)11(10(15)6-8)19-13(2,3)4/h5-7,17H,1-4H3,(H,16,18)/t7-/m1/s1. The van der Waals surface area contributed by atoms with E-state index < -0.39 is 35.0 Å². The van der Waals surface area contributed by atoms with Gasteiger partial charge in [0.1, 0.15) is 11.7 Å². The first kappa shape index (κ1) is 15.4. The summed E-state index contributed by atoms with van der Waals surface area (Å²) >= 11 is 0. The van der Waals surface area contributed by atoms with Crippen LogP contribution >= 0.6 is 0 Å². The third kappa shape index (κ3) is 4.48. The van der Waals surface area contributed by atoms with Gasteiger partial charge in [-0.25, -0.2) is 8.78 Å². The summed E-state index contributed by atoms with van der Waals surface area (Å²) in [6.45, 7) is 6.23. The van der Waals surface area contributed by atoms with Crippen LogP contribution in [0, 0.1) is 11.6 Å². The summed E-state index contributed by atoms with van der Waals surface area (Å²) in [7, 11) is 0. The molecule has 19 heavy (non-hydrogen) atoms. The molecule has 106 valence electrons. The lowest BCUT2D eigenvalue weighted by molar-refractivity contribution is -0.123. The van der Waals surface area contributed by atoms with Crippen molar-refractivity contribution in [2.24, 2.45) is 0 Å². The molecular weight excluding hydrogens is 256 g/mol. The Morgan fingerprint density at radius 2 is 1.79 bits per heavy atom. The Bertz CT molecular complexity index is 458. The predicted molar refractivity (Wildman–Crippen MR) is 67.0 cm³/mol. The van der Waals surface area contributed by atoms with Gasteiger partial charge in [0, 0.05) is 17.8 Å². The molecule has 0 fully saturated rings. The number of nitrogens with one attached hydrogen (secondary N) is 1. The van der Waals surface area contributed by atoms with E-state index in [4.69, 9.17) is 9.84 Å². The van der Waals surface area contributed by atoms with Crippen LogP contribution in [0.3, 0.4) is 0 Å². The summed E-state index contributed by atoms with van der Waals surface area (Å²) in [4.78, 5) is 11.2. The van der Waals surface area contributed by atoms with E-state index in [0.717, 1.165) is 12.1 Å². The second kappa shape index (κ2) is 5.52. The lowest BCUT2D eigenvalue weighted by Gasteiger charge is -2.22. The molecule has 1 aromatic carbocycles. The van der Waals surface area contributed by atoms with Gasteiger partial charge in [0.05, 0.1) is 0 Å². The summed E-state index contributed by atoms with van der Waals surface area (Å²) in [5.74, 6) is -3.09. The number of halogens is 2. The molecule has 0 spiro atoms. The van der Waals surface area contributed by atoms with Crippen LogP contribution in [0.5, 0.6) is 5.75 Å². The average molecular weight is 273 g/mol. The van der Waals surface area contributed by atoms with Crippen molar-refractivity contribution >= 4 is 11.6 Å². The van der Waals surface area contributed by atoms with E-state index in [-0.39, 0.29) is 5.69 Å². The van der Waals surface area contributed by atoms with Crippen LogP contribution in [-0.4, -0.2) is 22.7 Å². The molecule has 0 radical (unpaired) electrons. The molecule has 0 heterocycles. The summed E-state index contributed by atoms with van der Waals surface area (Å²) in [6, 6.07) is 1.87. The number of ether oxygens (including phenoxy) is 1. The molecule has 1 amide bonds. The van der Waals surface area contributed by atoms with Crippen LogP contribution in [0.15, 0.2) is 12.1 Å². The smallest absolute Gasteiger partial charge is 0.252 e.